The fraction of sp³-hybridized carbons (Fsp3) is 0.0952. The summed E-state index contributed by atoms with van der Waals surface area (Å²) in [4.78, 5) is 13.7. The second-order valence-corrected chi connectivity index (χ2v) is 7.14. The lowest BCUT2D eigenvalue weighted by atomic mass is 10.0. The maximum absolute atomic E-state index is 12.5. The average Bonchev–Trinajstić information content (AvgIpc) is 3.10. The topological polar surface area (TPSA) is 22.0 Å². The lowest BCUT2D eigenvalue weighted by molar-refractivity contribution is 0.0943. The maximum Gasteiger partial charge on any atom is 0.228 e. The molecule has 0 spiro atoms. The molecule has 3 heteroatoms. The van der Waals surface area contributed by atoms with E-state index < -0.39 is 0 Å². The van der Waals surface area contributed by atoms with Crippen LogP contribution in [-0.2, 0) is 0 Å². The molecule has 0 atom stereocenters. The first-order valence-corrected chi connectivity index (χ1v) is 8.75. The summed E-state index contributed by atoms with van der Waals surface area (Å²) in [6, 6.07) is 22.6. The van der Waals surface area contributed by atoms with Crippen molar-refractivity contribution in [3.63, 3.8) is 0 Å². The number of fused-ring (bicyclic) bond motifs is 1. The summed E-state index contributed by atoms with van der Waals surface area (Å²) in [5.74, 6) is 0.0406. The molecular formula is C21H17NOS. The molecule has 0 fully saturated rings. The number of aromatic nitrogens is 1. The van der Waals surface area contributed by atoms with Crippen LogP contribution in [0.15, 0.2) is 66.7 Å². The van der Waals surface area contributed by atoms with E-state index in [4.69, 9.17) is 0 Å². The van der Waals surface area contributed by atoms with Crippen molar-refractivity contribution >= 4 is 27.5 Å². The van der Waals surface area contributed by atoms with Crippen LogP contribution < -0.4 is 0 Å². The predicted molar refractivity (Wildman–Crippen MR) is 102 cm³/mol. The van der Waals surface area contributed by atoms with Gasteiger partial charge in [0.25, 0.3) is 0 Å². The normalized spacial score (nSPS) is 11.1. The first-order valence-electron chi connectivity index (χ1n) is 7.93. The van der Waals surface area contributed by atoms with Crippen LogP contribution in [0.4, 0.5) is 0 Å². The van der Waals surface area contributed by atoms with E-state index in [1.165, 1.54) is 9.58 Å². The number of hydrogen-bond acceptors (Lipinski definition) is 2. The average molecular weight is 331 g/mol. The first-order chi connectivity index (χ1) is 11.7. The van der Waals surface area contributed by atoms with Gasteiger partial charge in [-0.25, -0.2) is 0 Å². The van der Waals surface area contributed by atoms with Crippen LogP contribution >= 0.6 is 11.3 Å². The van der Waals surface area contributed by atoms with Crippen LogP contribution in [0.3, 0.4) is 0 Å². The molecule has 2 aromatic heterocycles. The second kappa shape index (κ2) is 5.77. The Labute approximate surface area is 145 Å². The summed E-state index contributed by atoms with van der Waals surface area (Å²) in [6.07, 6.45) is 0. The predicted octanol–water partition coefficient (Wildman–Crippen LogP) is 6.01. The van der Waals surface area contributed by atoms with E-state index in [0.29, 0.717) is 0 Å². The van der Waals surface area contributed by atoms with Crippen LogP contribution in [0.1, 0.15) is 16.6 Å². The molecule has 0 unspecified atom stereocenters. The van der Waals surface area contributed by atoms with Gasteiger partial charge in [0, 0.05) is 17.4 Å². The number of thiophene rings is 1. The Morgan fingerprint density at radius 2 is 1.50 bits per heavy atom. The largest absolute Gasteiger partial charge is 0.279 e. The quantitative estimate of drug-likeness (QED) is 0.441. The summed E-state index contributed by atoms with van der Waals surface area (Å²) in [5.41, 5.74) is 5.33. The van der Waals surface area contributed by atoms with E-state index in [-0.39, 0.29) is 5.91 Å². The highest BCUT2D eigenvalue weighted by Crippen LogP contribution is 2.44. The Morgan fingerprint density at radius 3 is 2.08 bits per heavy atom. The van der Waals surface area contributed by atoms with Crippen LogP contribution in [0.2, 0.25) is 0 Å². The molecule has 24 heavy (non-hydrogen) atoms. The standard InChI is InChI=1S/C21H17NOS/c1-14-13-18-21(24-14)19(16-9-5-3-6-10-16)20(22(18)15(2)23)17-11-7-4-8-12-17/h3-13H,1-2H3. The van der Waals surface area contributed by atoms with Gasteiger partial charge in [-0.3, -0.25) is 9.36 Å². The summed E-state index contributed by atoms with van der Waals surface area (Å²) >= 11 is 1.75. The number of carbonyl (C=O) groups is 1. The molecule has 2 nitrogen and oxygen atoms in total. The highest BCUT2D eigenvalue weighted by molar-refractivity contribution is 7.19. The molecule has 0 saturated carbocycles. The van der Waals surface area contributed by atoms with E-state index in [1.54, 1.807) is 18.3 Å². The Hall–Kier alpha value is -2.65. The van der Waals surface area contributed by atoms with Crippen LogP contribution in [0, 0.1) is 6.92 Å². The lowest BCUT2D eigenvalue weighted by Crippen LogP contribution is -2.07. The minimum absolute atomic E-state index is 0.0406. The Bertz CT molecular complexity index is 1030. The lowest BCUT2D eigenvalue weighted by Gasteiger charge is -2.10. The number of aryl methyl sites for hydroxylation is 1. The SMILES string of the molecule is CC(=O)n1c(-c2ccccc2)c(-c2ccccc2)c2sc(C)cc21. The van der Waals surface area contributed by atoms with Crippen molar-refractivity contribution in [1.82, 2.24) is 4.57 Å². The fourth-order valence-corrected chi connectivity index (χ4v) is 4.32. The Kier molecular flexibility index (Phi) is 3.58. The van der Waals surface area contributed by atoms with E-state index in [0.717, 1.165) is 27.9 Å². The van der Waals surface area contributed by atoms with E-state index in [1.807, 2.05) is 41.0 Å². The number of rotatable bonds is 2. The molecule has 0 radical (unpaired) electrons. The molecule has 2 aromatic carbocycles. The van der Waals surface area contributed by atoms with E-state index in [2.05, 4.69) is 37.3 Å². The first kappa shape index (κ1) is 14.9. The molecule has 0 aliphatic carbocycles. The van der Waals surface area contributed by atoms with Crippen LogP contribution in [0.5, 0.6) is 0 Å². The van der Waals surface area contributed by atoms with Crippen molar-refractivity contribution in [3.8, 4) is 22.4 Å². The molecule has 0 aliphatic heterocycles. The minimum atomic E-state index is 0.0406. The molecule has 118 valence electrons. The third kappa shape index (κ3) is 2.29. The number of carbonyl (C=O) groups excluding carboxylic acids is 1. The molecule has 0 saturated heterocycles. The van der Waals surface area contributed by atoms with Gasteiger partial charge < -0.3 is 0 Å². The summed E-state index contributed by atoms with van der Waals surface area (Å²) in [6.45, 7) is 3.72. The van der Waals surface area contributed by atoms with Crippen molar-refractivity contribution in [1.29, 1.82) is 0 Å². The highest BCUT2D eigenvalue weighted by Gasteiger charge is 2.23. The summed E-state index contributed by atoms with van der Waals surface area (Å²) in [5, 5.41) is 0. The number of hydrogen-bond donors (Lipinski definition) is 0. The summed E-state index contributed by atoms with van der Waals surface area (Å²) < 4.78 is 3.03. The van der Waals surface area contributed by atoms with Crippen molar-refractivity contribution in [2.45, 2.75) is 13.8 Å². The van der Waals surface area contributed by atoms with Crippen molar-refractivity contribution in [2.75, 3.05) is 0 Å². The zero-order chi connectivity index (χ0) is 16.7. The molecule has 4 rings (SSSR count). The van der Waals surface area contributed by atoms with Gasteiger partial charge in [0.2, 0.25) is 5.91 Å². The van der Waals surface area contributed by atoms with E-state index in [9.17, 15) is 4.79 Å². The fourth-order valence-electron chi connectivity index (χ4n) is 3.25. The van der Waals surface area contributed by atoms with Crippen molar-refractivity contribution in [3.05, 3.63) is 71.6 Å². The summed E-state index contributed by atoms with van der Waals surface area (Å²) in [7, 11) is 0. The Morgan fingerprint density at radius 1 is 0.917 bits per heavy atom. The van der Waals surface area contributed by atoms with Crippen molar-refractivity contribution < 1.29 is 4.79 Å². The van der Waals surface area contributed by atoms with Gasteiger partial charge in [-0.15, -0.1) is 11.3 Å². The molecule has 0 amide bonds. The Balaban J connectivity index is 2.18. The highest BCUT2D eigenvalue weighted by atomic mass is 32.1. The molecule has 0 bridgehead atoms. The zero-order valence-corrected chi connectivity index (χ0v) is 14.4. The van der Waals surface area contributed by atoms with Crippen LogP contribution in [0.25, 0.3) is 32.6 Å². The van der Waals surface area contributed by atoms with Gasteiger partial charge in [-0.1, -0.05) is 60.7 Å². The smallest absolute Gasteiger partial charge is 0.228 e. The number of nitrogens with zero attached hydrogens (tertiary/aromatic N) is 1. The van der Waals surface area contributed by atoms with Gasteiger partial charge in [0.05, 0.1) is 15.9 Å². The molecule has 0 N–H and O–H groups in total. The van der Waals surface area contributed by atoms with Gasteiger partial charge in [0.1, 0.15) is 0 Å². The van der Waals surface area contributed by atoms with Gasteiger partial charge in [-0.05, 0) is 24.1 Å². The van der Waals surface area contributed by atoms with Gasteiger partial charge in [-0.2, -0.15) is 0 Å². The third-order valence-electron chi connectivity index (χ3n) is 4.19. The molecule has 4 aromatic rings. The maximum atomic E-state index is 12.5. The molecular weight excluding hydrogens is 314 g/mol. The van der Waals surface area contributed by atoms with Gasteiger partial charge in [0.15, 0.2) is 0 Å². The molecule has 2 heterocycles. The minimum Gasteiger partial charge on any atom is -0.279 e. The van der Waals surface area contributed by atoms with Crippen LogP contribution in [-0.4, -0.2) is 10.5 Å². The van der Waals surface area contributed by atoms with Gasteiger partial charge >= 0.3 is 0 Å². The van der Waals surface area contributed by atoms with E-state index >= 15 is 0 Å². The number of benzene rings is 2. The van der Waals surface area contributed by atoms with Crippen molar-refractivity contribution in [2.24, 2.45) is 0 Å². The zero-order valence-electron chi connectivity index (χ0n) is 13.6. The third-order valence-corrected chi connectivity index (χ3v) is 5.25. The second-order valence-electron chi connectivity index (χ2n) is 5.88. The molecule has 0 aliphatic rings. The monoisotopic (exact) mass is 331 g/mol.